The van der Waals surface area contributed by atoms with Gasteiger partial charge >= 0.3 is 6.18 Å². The number of hydrogen-bond acceptors (Lipinski definition) is 2. The highest BCUT2D eigenvalue weighted by atomic mass is 19.4. The van der Waals surface area contributed by atoms with E-state index in [1.54, 1.807) is 18.3 Å². The number of aryl methyl sites for hydroxylation is 1. The number of fused-ring (bicyclic) bond motifs is 1. The van der Waals surface area contributed by atoms with E-state index in [1.165, 1.54) is 10.6 Å². The van der Waals surface area contributed by atoms with Gasteiger partial charge in [-0.1, -0.05) is 17.7 Å². The standard InChI is InChI=1S/C15H11F3N2O/c1-10-2-4-12(5-3-10)21-14-9-11(15(16,17)18)8-13-19-6-7-20(13)14/h2-9H,1H3. The minimum atomic E-state index is -4.45. The van der Waals surface area contributed by atoms with Crippen LogP contribution in [0.4, 0.5) is 13.2 Å². The molecular formula is C15H11F3N2O. The monoisotopic (exact) mass is 292 g/mol. The molecule has 0 amide bonds. The summed E-state index contributed by atoms with van der Waals surface area (Å²) in [5.74, 6) is 0.538. The summed E-state index contributed by atoms with van der Waals surface area (Å²) in [5.41, 5.74) is 0.439. The van der Waals surface area contributed by atoms with Crippen LogP contribution in [0.5, 0.6) is 11.6 Å². The smallest absolute Gasteiger partial charge is 0.416 e. The summed E-state index contributed by atoms with van der Waals surface area (Å²) in [4.78, 5) is 3.89. The van der Waals surface area contributed by atoms with Crippen LogP contribution < -0.4 is 4.74 Å². The molecule has 108 valence electrons. The van der Waals surface area contributed by atoms with E-state index in [4.69, 9.17) is 4.74 Å². The van der Waals surface area contributed by atoms with Gasteiger partial charge in [-0.25, -0.2) is 4.98 Å². The lowest BCUT2D eigenvalue weighted by atomic mass is 10.2. The number of benzene rings is 1. The van der Waals surface area contributed by atoms with Gasteiger partial charge in [0.15, 0.2) is 0 Å². The molecule has 2 heterocycles. The molecule has 0 N–H and O–H groups in total. The Labute approximate surface area is 118 Å². The maximum absolute atomic E-state index is 12.9. The lowest BCUT2D eigenvalue weighted by Crippen LogP contribution is -2.07. The average molecular weight is 292 g/mol. The summed E-state index contributed by atoms with van der Waals surface area (Å²) in [6, 6.07) is 9.02. The first-order valence-corrected chi connectivity index (χ1v) is 6.22. The van der Waals surface area contributed by atoms with E-state index >= 15 is 0 Å². The number of halogens is 3. The molecule has 6 heteroatoms. The SMILES string of the molecule is Cc1ccc(Oc2cc(C(F)(F)F)cc3nccn23)cc1. The topological polar surface area (TPSA) is 26.5 Å². The van der Waals surface area contributed by atoms with Gasteiger partial charge in [0.2, 0.25) is 5.88 Å². The summed E-state index contributed by atoms with van der Waals surface area (Å²) in [6.45, 7) is 1.92. The Bertz CT molecular complexity index is 776. The molecule has 0 unspecified atom stereocenters. The van der Waals surface area contributed by atoms with Crippen molar-refractivity contribution in [1.82, 2.24) is 9.38 Å². The molecule has 1 aromatic carbocycles. The summed E-state index contributed by atoms with van der Waals surface area (Å²) >= 11 is 0. The van der Waals surface area contributed by atoms with E-state index in [-0.39, 0.29) is 11.5 Å². The molecule has 0 atom stereocenters. The Kier molecular flexibility index (Phi) is 3.08. The summed E-state index contributed by atoms with van der Waals surface area (Å²) in [6.07, 6.45) is -1.46. The fraction of sp³-hybridized carbons (Fsp3) is 0.133. The second-order valence-corrected chi connectivity index (χ2v) is 4.65. The minimum Gasteiger partial charge on any atom is -0.440 e. The molecule has 0 radical (unpaired) electrons. The minimum absolute atomic E-state index is 0.0705. The van der Waals surface area contributed by atoms with Crippen molar-refractivity contribution < 1.29 is 17.9 Å². The number of imidazole rings is 1. The van der Waals surface area contributed by atoms with Crippen LogP contribution in [0.1, 0.15) is 11.1 Å². The van der Waals surface area contributed by atoms with Gasteiger partial charge in [0.25, 0.3) is 0 Å². The van der Waals surface area contributed by atoms with Crippen molar-refractivity contribution >= 4 is 5.65 Å². The van der Waals surface area contributed by atoms with E-state index in [1.807, 2.05) is 19.1 Å². The number of aromatic nitrogens is 2. The Balaban J connectivity index is 2.07. The van der Waals surface area contributed by atoms with E-state index in [0.717, 1.165) is 17.7 Å². The lowest BCUT2D eigenvalue weighted by Gasteiger charge is -2.12. The Morgan fingerprint density at radius 2 is 1.81 bits per heavy atom. The van der Waals surface area contributed by atoms with E-state index in [0.29, 0.717) is 5.75 Å². The number of pyridine rings is 1. The molecule has 21 heavy (non-hydrogen) atoms. The van der Waals surface area contributed by atoms with Crippen molar-refractivity contribution in [2.24, 2.45) is 0 Å². The van der Waals surface area contributed by atoms with E-state index < -0.39 is 11.7 Å². The van der Waals surface area contributed by atoms with Crippen LogP contribution in [0.25, 0.3) is 5.65 Å². The number of rotatable bonds is 2. The zero-order valence-electron chi connectivity index (χ0n) is 11.1. The molecule has 3 nitrogen and oxygen atoms in total. The van der Waals surface area contributed by atoms with Gasteiger partial charge in [-0.3, -0.25) is 4.40 Å². The fourth-order valence-electron chi connectivity index (χ4n) is 1.96. The number of nitrogens with zero attached hydrogens (tertiary/aromatic N) is 2. The summed E-state index contributed by atoms with van der Waals surface area (Å²) in [7, 11) is 0. The third-order valence-corrected chi connectivity index (χ3v) is 3.04. The van der Waals surface area contributed by atoms with E-state index in [2.05, 4.69) is 4.98 Å². The van der Waals surface area contributed by atoms with Crippen LogP contribution in [0.2, 0.25) is 0 Å². The molecule has 0 aliphatic rings. The van der Waals surface area contributed by atoms with Gasteiger partial charge in [-0.05, 0) is 25.1 Å². The predicted molar refractivity (Wildman–Crippen MR) is 71.4 cm³/mol. The van der Waals surface area contributed by atoms with E-state index in [9.17, 15) is 13.2 Å². The Morgan fingerprint density at radius 1 is 1.10 bits per heavy atom. The van der Waals surface area contributed by atoms with Crippen LogP contribution >= 0.6 is 0 Å². The number of alkyl halides is 3. The third kappa shape index (κ3) is 2.69. The number of ether oxygens (including phenoxy) is 1. The van der Waals surface area contributed by atoms with Gasteiger partial charge in [0, 0.05) is 18.5 Å². The first-order chi connectivity index (χ1) is 9.93. The first-order valence-electron chi connectivity index (χ1n) is 6.22. The zero-order valence-corrected chi connectivity index (χ0v) is 11.1. The molecule has 0 aliphatic carbocycles. The first kappa shape index (κ1) is 13.5. The zero-order chi connectivity index (χ0) is 15.0. The molecule has 3 rings (SSSR count). The highest BCUT2D eigenvalue weighted by Gasteiger charge is 2.32. The second-order valence-electron chi connectivity index (χ2n) is 4.65. The molecule has 0 spiro atoms. The van der Waals surface area contributed by atoms with Crippen LogP contribution in [-0.2, 0) is 6.18 Å². The fourth-order valence-corrected chi connectivity index (χ4v) is 1.96. The summed E-state index contributed by atoms with van der Waals surface area (Å²) < 4.78 is 45.7. The normalized spacial score (nSPS) is 11.8. The van der Waals surface area contributed by atoms with Gasteiger partial charge < -0.3 is 4.74 Å². The maximum atomic E-state index is 12.9. The highest BCUT2D eigenvalue weighted by molar-refractivity contribution is 5.47. The predicted octanol–water partition coefficient (Wildman–Crippen LogP) is 4.45. The molecule has 0 saturated carbocycles. The highest BCUT2D eigenvalue weighted by Crippen LogP contribution is 2.34. The largest absolute Gasteiger partial charge is 0.440 e. The van der Waals surface area contributed by atoms with Crippen molar-refractivity contribution in [3.05, 3.63) is 59.9 Å². The molecule has 2 aromatic heterocycles. The van der Waals surface area contributed by atoms with Crippen molar-refractivity contribution in [1.29, 1.82) is 0 Å². The Hall–Kier alpha value is -2.50. The number of hydrogen-bond donors (Lipinski definition) is 0. The van der Waals surface area contributed by atoms with Crippen molar-refractivity contribution in [2.45, 2.75) is 13.1 Å². The maximum Gasteiger partial charge on any atom is 0.416 e. The molecular weight excluding hydrogens is 281 g/mol. The molecule has 0 bridgehead atoms. The molecule has 3 aromatic rings. The van der Waals surface area contributed by atoms with Gasteiger partial charge in [-0.2, -0.15) is 13.2 Å². The van der Waals surface area contributed by atoms with Crippen molar-refractivity contribution in [2.75, 3.05) is 0 Å². The Morgan fingerprint density at radius 3 is 2.48 bits per heavy atom. The quantitative estimate of drug-likeness (QED) is 0.697. The van der Waals surface area contributed by atoms with Gasteiger partial charge in [-0.15, -0.1) is 0 Å². The van der Waals surface area contributed by atoms with Crippen LogP contribution in [0.15, 0.2) is 48.8 Å². The molecule has 0 saturated heterocycles. The average Bonchev–Trinajstić information content (AvgIpc) is 2.89. The van der Waals surface area contributed by atoms with Gasteiger partial charge in [0.1, 0.15) is 11.4 Å². The lowest BCUT2D eigenvalue weighted by molar-refractivity contribution is -0.137. The molecule has 0 aliphatic heterocycles. The van der Waals surface area contributed by atoms with Gasteiger partial charge in [0.05, 0.1) is 5.56 Å². The van der Waals surface area contributed by atoms with Crippen molar-refractivity contribution in [3.8, 4) is 11.6 Å². The second kappa shape index (κ2) is 4.80. The van der Waals surface area contributed by atoms with Crippen LogP contribution in [-0.4, -0.2) is 9.38 Å². The summed E-state index contributed by atoms with van der Waals surface area (Å²) in [5, 5.41) is 0. The van der Waals surface area contributed by atoms with Crippen LogP contribution in [0, 0.1) is 6.92 Å². The van der Waals surface area contributed by atoms with Crippen molar-refractivity contribution in [3.63, 3.8) is 0 Å². The third-order valence-electron chi connectivity index (χ3n) is 3.04. The molecule has 0 fully saturated rings. The van der Waals surface area contributed by atoms with Crippen LogP contribution in [0.3, 0.4) is 0 Å².